The largest absolute Gasteiger partial charge is 0.316 e. The van der Waals surface area contributed by atoms with Gasteiger partial charge in [-0.15, -0.1) is 0 Å². The van der Waals surface area contributed by atoms with E-state index < -0.39 is 0 Å². The van der Waals surface area contributed by atoms with E-state index in [1.165, 1.54) is 50.8 Å². The molecular weight excluding hydrogens is 218 g/mol. The van der Waals surface area contributed by atoms with E-state index in [9.17, 15) is 0 Å². The van der Waals surface area contributed by atoms with Gasteiger partial charge in [0, 0.05) is 5.02 Å². The molecule has 1 aromatic carbocycles. The van der Waals surface area contributed by atoms with Gasteiger partial charge in [-0.05, 0) is 68.8 Å². The van der Waals surface area contributed by atoms with Gasteiger partial charge in [-0.25, -0.2) is 0 Å². The Morgan fingerprint density at radius 2 is 2.06 bits per heavy atom. The van der Waals surface area contributed by atoms with Crippen LogP contribution in [0.25, 0.3) is 0 Å². The summed E-state index contributed by atoms with van der Waals surface area (Å²) in [7, 11) is 0. The molecule has 1 unspecified atom stereocenters. The van der Waals surface area contributed by atoms with E-state index in [0.717, 1.165) is 10.9 Å². The van der Waals surface area contributed by atoms with Crippen molar-refractivity contribution in [3.05, 3.63) is 34.9 Å². The fourth-order valence-electron chi connectivity index (χ4n) is 2.42. The molecule has 0 amide bonds. The standard InChI is InChI=1S/C14H20ClN/c15-14-8-6-12(7-9-14)3-1-4-13-5-2-10-16-11-13/h6-9,13,16H,1-5,10-11H2. The Bertz CT molecular complexity index is 301. The van der Waals surface area contributed by atoms with Crippen molar-refractivity contribution in [3.8, 4) is 0 Å². The first kappa shape index (κ1) is 11.9. The number of hydrogen-bond donors (Lipinski definition) is 1. The smallest absolute Gasteiger partial charge is 0.0406 e. The lowest BCUT2D eigenvalue weighted by Crippen LogP contribution is -2.29. The number of piperidine rings is 1. The molecule has 1 saturated heterocycles. The van der Waals surface area contributed by atoms with Crippen LogP contribution in [0, 0.1) is 5.92 Å². The van der Waals surface area contributed by atoms with Crippen LogP contribution in [-0.4, -0.2) is 13.1 Å². The van der Waals surface area contributed by atoms with Gasteiger partial charge in [0.1, 0.15) is 0 Å². The lowest BCUT2D eigenvalue weighted by Gasteiger charge is -2.22. The molecule has 1 heterocycles. The molecular formula is C14H20ClN. The van der Waals surface area contributed by atoms with Crippen molar-refractivity contribution < 1.29 is 0 Å². The summed E-state index contributed by atoms with van der Waals surface area (Å²) in [4.78, 5) is 0. The number of nitrogens with one attached hydrogen (secondary N) is 1. The first-order valence-corrected chi connectivity index (χ1v) is 6.67. The lowest BCUT2D eigenvalue weighted by molar-refractivity contribution is 0.351. The summed E-state index contributed by atoms with van der Waals surface area (Å²) in [5.74, 6) is 0.904. The van der Waals surface area contributed by atoms with Crippen LogP contribution >= 0.6 is 11.6 Å². The maximum atomic E-state index is 5.86. The third-order valence-corrected chi connectivity index (χ3v) is 3.64. The van der Waals surface area contributed by atoms with Crippen molar-refractivity contribution in [1.82, 2.24) is 5.32 Å². The topological polar surface area (TPSA) is 12.0 Å². The van der Waals surface area contributed by atoms with Crippen LogP contribution in [0.3, 0.4) is 0 Å². The van der Waals surface area contributed by atoms with Crippen LogP contribution < -0.4 is 5.32 Å². The molecule has 2 heteroatoms. The Morgan fingerprint density at radius 3 is 2.75 bits per heavy atom. The zero-order valence-corrected chi connectivity index (χ0v) is 10.5. The average Bonchev–Trinajstić information content (AvgIpc) is 2.33. The van der Waals surface area contributed by atoms with E-state index >= 15 is 0 Å². The minimum atomic E-state index is 0.834. The molecule has 0 aromatic heterocycles. The lowest BCUT2D eigenvalue weighted by atomic mass is 9.93. The summed E-state index contributed by atoms with van der Waals surface area (Å²) in [6, 6.07) is 8.25. The zero-order valence-electron chi connectivity index (χ0n) is 9.71. The van der Waals surface area contributed by atoms with E-state index in [1.807, 2.05) is 12.1 Å². The Labute approximate surface area is 103 Å². The van der Waals surface area contributed by atoms with Gasteiger partial charge < -0.3 is 5.32 Å². The predicted octanol–water partition coefficient (Wildman–Crippen LogP) is 3.66. The molecule has 0 aliphatic carbocycles. The molecule has 1 nitrogen and oxygen atoms in total. The maximum absolute atomic E-state index is 5.86. The van der Waals surface area contributed by atoms with Gasteiger partial charge in [-0.3, -0.25) is 0 Å². The zero-order chi connectivity index (χ0) is 11.2. The van der Waals surface area contributed by atoms with Gasteiger partial charge in [0.25, 0.3) is 0 Å². The molecule has 0 radical (unpaired) electrons. The summed E-state index contributed by atoms with van der Waals surface area (Å²) in [6.45, 7) is 2.44. The first-order chi connectivity index (χ1) is 7.84. The van der Waals surface area contributed by atoms with Crippen molar-refractivity contribution in [3.63, 3.8) is 0 Å². The van der Waals surface area contributed by atoms with Crippen molar-refractivity contribution in [1.29, 1.82) is 0 Å². The molecule has 16 heavy (non-hydrogen) atoms. The van der Waals surface area contributed by atoms with Gasteiger partial charge >= 0.3 is 0 Å². The molecule has 1 aliphatic rings. The second kappa shape index (κ2) is 6.27. The van der Waals surface area contributed by atoms with Crippen LogP contribution in [0.1, 0.15) is 31.2 Å². The second-order valence-electron chi connectivity index (χ2n) is 4.73. The number of halogens is 1. The fourth-order valence-corrected chi connectivity index (χ4v) is 2.54. The Balaban J connectivity index is 1.69. The summed E-state index contributed by atoms with van der Waals surface area (Å²) >= 11 is 5.86. The summed E-state index contributed by atoms with van der Waals surface area (Å²) in [6.07, 6.45) is 6.61. The van der Waals surface area contributed by atoms with Crippen LogP contribution in [0.15, 0.2) is 24.3 Å². The first-order valence-electron chi connectivity index (χ1n) is 6.30. The Hall–Kier alpha value is -0.530. The minimum Gasteiger partial charge on any atom is -0.316 e. The van der Waals surface area contributed by atoms with E-state index in [-0.39, 0.29) is 0 Å². The number of rotatable bonds is 4. The Kier molecular flexibility index (Phi) is 4.68. The van der Waals surface area contributed by atoms with Crippen molar-refractivity contribution in [2.45, 2.75) is 32.1 Å². The van der Waals surface area contributed by atoms with Crippen molar-refractivity contribution in [2.75, 3.05) is 13.1 Å². The third kappa shape index (κ3) is 3.80. The summed E-state index contributed by atoms with van der Waals surface area (Å²) in [5, 5.41) is 4.31. The number of benzene rings is 1. The van der Waals surface area contributed by atoms with Crippen molar-refractivity contribution >= 4 is 11.6 Å². The quantitative estimate of drug-likeness (QED) is 0.843. The van der Waals surface area contributed by atoms with E-state index in [0.29, 0.717) is 0 Å². The van der Waals surface area contributed by atoms with E-state index in [4.69, 9.17) is 11.6 Å². The molecule has 0 spiro atoms. The molecule has 1 aromatic rings. The van der Waals surface area contributed by atoms with E-state index in [1.54, 1.807) is 0 Å². The molecule has 0 saturated carbocycles. The molecule has 1 aliphatic heterocycles. The van der Waals surface area contributed by atoms with E-state index in [2.05, 4.69) is 17.4 Å². The van der Waals surface area contributed by atoms with Gasteiger partial charge in [-0.1, -0.05) is 23.7 Å². The highest BCUT2D eigenvalue weighted by Gasteiger charge is 2.11. The molecule has 1 fully saturated rings. The van der Waals surface area contributed by atoms with Gasteiger partial charge in [-0.2, -0.15) is 0 Å². The monoisotopic (exact) mass is 237 g/mol. The van der Waals surface area contributed by atoms with Gasteiger partial charge in [0.2, 0.25) is 0 Å². The maximum Gasteiger partial charge on any atom is 0.0406 e. The highest BCUT2D eigenvalue weighted by Crippen LogP contribution is 2.18. The van der Waals surface area contributed by atoms with Gasteiger partial charge in [0.15, 0.2) is 0 Å². The molecule has 2 rings (SSSR count). The predicted molar refractivity (Wildman–Crippen MR) is 70.0 cm³/mol. The van der Waals surface area contributed by atoms with Crippen molar-refractivity contribution in [2.24, 2.45) is 5.92 Å². The minimum absolute atomic E-state index is 0.834. The molecule has 88 valence electrons. The third-order valence-electron chi connectivity index (χ3n) is 3.39. The van der Waals surface area contributed by atoms with Crippen LogP contribution in [0.5, 0.6) is 0 Å². The number of aryl methyl sites for hydroxylation is 1. The molecule has 1 atom stereocenters. The van der Waals surface area contributed by atoms with Crippen LogP contribution in [0.4, 0.5) is 0 Å². The normalized spacial score (nSPS) is 20.9. The summed E-state index contributed by atoms with van der Waals surface area (Å²) in [5.41, 5.74) is 1.41. The average molecular weight is 238 g/mol. The second-order valence-corrected chi connectivity index (χ2v) is 5.17. The Morgan fingerprint density at radius 1 is 1.25 bits per heavy atom. The van der Waals surface area contributed by atoms with Crippen LogP contribution in [0.2, 0.25) is 5.02 Å². The highest BCUT2D eigenvalue weighted by molar-refractivity contribution is 6.30. The molecule has 0 bridgehead atoms. The van der Waals surface area contributed by atoms with Gasteiger partial charge in [0.05, 0.1) is 0 Å². The fraction of sp³-hybridized carbons (Fsp3) is 0.571. The molecule has 1 N–H and O–H groups in total. The summed E-state index contributed by atoms with van der Waals surface area (Å²) < 4.78 is 0. The number of hydrogen-bond acceptors (Lipinski definition) is 1. The SMILES string of the molecule is Clc1ccc(CCCC2CCCNC2)cc1. The highest BCUT2D eigenvalue weighted by atomic mass is 35.5. The van der Waals surface area contributed by atoms with Crippen LogP contribution in [-0.2, 0) is 6.42 Å².